The zero-order valence-corrected chi connectivity index (χ0v) is 16.7. The third kappa shape index (κ3) is 4.01. The first-order valence-electron chi connectivity index (χ1n) is 9.93. The molecule has 3 aromatic rings. The van der Waals surface area contributed by atoms with Crippen LogP contribution in [0.2, 0.25) is 0 Å². The zero-order chi connectivity index (χ0) is 21.1. The van der Waals surface area contributed by atoms with Gasteiger partial charge in [-0.25, -0.2) is 4.90 Å². The Morgan fingerprint density at radius 3 is 2.20 bits per heavy atom. The van der Waals surface area contributed by atoms with E-state index in [2.05, 4.69) is 17.4 Å². The number of anilines is 2. The number of nitrogens with one attached hydrogen (secondary N) is 1. The number of nitrogens with zero attached hydrogens (tertiary/aromatic N) is 1. The summed E-state index contributed by atoms with van der Waals surface area (Å²) in [5, 5.41) is 2.87. The van der Waals surface area contributed by atoms with E-state index in [-0.39, 0.29) is 30.1 Å². The highest BCUT2D eigenvalue weighted by Crippen LogP contribution is 2.29. The van der Waals surface area contributed by atoms with Crippen molar-refractivity contribution >= 4 is 29.1 Å². The minimum Gasteiger partial charge on any atom is -0.322 e. The number of amides is 3. The molecule has 0 saturated carbocycles. The quantitative estimate of drug-likeness (QED) is 0.647. The van der Waals surface area contributed by atoms with E-state index in [0.29, 0.717) is 16.9 Å². The minimum absolute atomic E-state index is 0.164. The molecular weight excluding hydrogens is 376 g/mol. The molecule has 1 saturated heterocycles. The Hall–Kier alpha value is -3.73. The molecule has 1 atom stereocenters. The number of imide groups is 1. The first-order valence-corrected chi connectivity index (χ1v) is 9.93. The van der Waals surface area contributed by atoms with Gasteiger partial charge in [0.1, 0.15) is 0 Å². The van der Waals surface area contributed by atoms with Crippen LogP contribution in [0.3, 0.4) is 0 Å². The van der Waals surface area contributed by atoms with Crippen molar-refractivity contribution in [1.82, 2.24) is 0 Å². The van der Waals surface area contributed by atoms with Gasteiger partial charge in [0, 0.05) is 18.0 Å². The second-order valence-electron chi connectivity index (χ2n) is 7.50. The van der Waals surface area contributed by atoms with Crippen molar-refractivity contribution in [1.29, 1.82) is 0 Å². The van der Waals surface area contributed by atoms with Crippen LogP contribution < -0.4 is 10.2 Å². The molecule has 5 heteroatoms. The van der Waals surface area contributed by atoms with E-state index in [1.807, 2.05) is 42.5 Å². The molecule has 5 nitrogen and oxygen atoms in total. The van der Waals surface area contributed by atoms with E-state index >= 15 is 0 Å². The lowest BCUT2D eigenvalue weighted by molar-refractivity contribution is -0.122. The van der Waals surface area contributed by atoms with E-state index in [1.165, 1.54) is 5.56 Å². The number of carbonyl (C=O) groups excluding carboxylic acids is 3. The number of hydrogen-bond acceptors (Lipinski definition) is 3. The smallest absolute Gasteiger partial charge is 0.257 e. The van der Waals surface area contributed by atoms with Crippen molar-refractivity contribution in [2.45, 2.75) is 19.8 Å². The monoisotopic (exact) mass is 398 g/mol. The van der Waals surface area contributed by atoms with Crippen molar-refractivity contribution in [2.75, 3.05) is 10.2 Å². The average Bonchev–Trinajstić information content (AvgIpc) is 3.01. The molecule has 0 aromatic heterocycles. The molecule has 1 unspecified atom stereocenters. The predicted molar refractivity (Wildman–Crippen MR) is 116 cm³/mol. The Morgan fingerprint density at radius 1 is 0.900 bits per heavy atom. The second kappa shape index (κ2) is 8.33. The fourth-order valence-electron chi connectivity index (χ4n) is 3.63. The summed E-state index contributed by atoms with van der Waals surface area (Å²) in [7, 11) is 0. The van der Waals surface area contributed by atoms with Gasteiger partial charge in [-0.2, -0.15) is 0 Å². The van der Waals surface area contributed by atoms with Crippen LogP contribution in [0, 0.1) is 5.92 Å². The maximum absolute atomic E-state index is 12.9. The first-order chi connectivity index (χ1) is 14.5. The summed E-state index contributed by atoms with van der Waals surface area (Å²) in [5.74, 6) is -1.28. The molecule has 1 heterocycles. The molecule has 1 N–H and O–H groups in total. The second-order valence-corrected chi connectivity index (χ2v) is 7.50. The van der Waals surface area contributed by atoms with Crippen molar-refractivity contribution in [3.63, 3.8) is 0 Å². The third-order valence-corrected chi connectivity index (χ3v) is 5.22. The summed E-state index contributed by atoms with van der Waals surface area (Å²) in [4.78, 5) is 38.7. The third-order valence-electron chi connectivity index (χ3n) is 5.22. The Balaban J connectivity index is 1.51. The molecule has 1 fully saturated rings. The largest absolute Gasteiger partial charge is 0.322 e. The molecule has 0 spiro atoms. The maximum Gasteiger partial charge on any atom is 0.257 e. The highest BCUT2D eigenvalue weighted by Gasteiger charge is 2.38. The van der Waals surface area contributed by atoms with Gasteiger partial charge in [0.2, 0.25) is 11.8 Å². The van der Waals surface area contributed by atoms with Gasteiger partial charge in [-0.15, -0.1) is 0 Å². The Kier molecular flexibility index (Phi) is 5.44. The number of rotatable bonds is 5. The Morgan fingerprint density at radius 2 is 1.53 bits per heavy atom. The summed E-state index contributed by atoms with van der Waals surface area (Å²) < 4.78 is 0. The number of para-hydroxylation sites is 1. The molecule has 0 aliphatic carbocycles. The SMILES string of the molecule is CC1CC(=O)N(c2ccccc2C(=O)Nc2ccc(Cc3ccccc3)cc2)C1=O. The lowest BCUT2D eigenvalue weighted by Crippen LogP contribution is -2.32. The summed E-state index contributed by atoms with van der Waals surface area (Å²) in [6, 6.07) is 24.5. The van der Waals surface area contributed by atoms with E-state index < -0.39 is 0 Å². The molecule has 150 valence electrons. The number of hydrogen-bond donors (Lipinski definition) is 1. The van der Waals surface area contributed by atoms with Gasteiger partial charge < -0.3 is 5.32 Å². The van der Waals surface area contributed by atoms with Crippen molar-refractivity contribution in [3.8, 4) is 0 Å². The van der Waals surface area contributed by atoms with Crippen molar-refractivity contribution in [3.05, 3.63) is 95.6 Å². The van der Waals surface area contributed by atoms with E-state index in [0.717, 1.165) is 16.9 Å². The molecular formula is C25H22N2O3. The van der Waals surface area contributed by atoms with Gasteiger partial charge in [-0.3, -0.25) is 14.4 Å². The maximum atomic E-state index is 12.9. The molecule has 4 rings (SSSR count). The van der Waals surface area contributed by atoms with Crippen LogP contribution in [-0.4, -0.2) is 17.7 Å². The number of carbonyl (C=O) groups is 3. The molecule has 0 radical (unpaired) electrons. The van der Waals surface area contributed by atoms with E-state index in [9.17, 15) is 14.4 Å². The van der Waals surface area contributed by atoms with Gasteiger partial charge >= 0.3 is 0 Å². The summed E-state index contributed by atoms with van der Waals surface area (Å²) >= 11 is 0. The van der Waals surface area contributed by atoms with Crippen LogP contribution in [0.4, 0.5) is 11.4 Å². The van der Waals surface area contributed by atoms with Gasteiger partial charge in [-0.1, -0.05) is 61.5 Å². The lowest BCUT2D eigenvalue weighted by atomic mass is 10.0. The lowest BCUT2D eigenvalue weighted by Gasteiger charge is -2.18. The number of benzene rings is 3. The van der Waals surface area contributed by atoms with Gasteiger partial charge in [0.25, 0.3) is 5.91 Å². The summed E-state index contributed by atoms with van der Waals surface area (Å²) in [5.41, 5.74) is 3.63. The fourth-order valence-corrected chi connectivity index (χ4v) is 3.63. The average molecular weight is 398 g/mol. The Labute approximate surface area is 175 Å². The van der Waals surface area contributed by atoms with E-state index in [1.54, 1.807) is 31.2 Å². The molecule has 1 aliphatic heterocycles. The zero-order valence-electron chi connectivity index (χ0n) is 16.7. The molecule has 3 amide bonds. The highest BCUT2D eigenvalue weighted by molar-refractivity contribution is 6.23. The molecule has 3 aromatic carbocycles. The normalized spacial score (nSPS) is 16.0. The van der Waals surface area contributed by atoms with Crippen LogP contribution in [0.25, 0.3) is 0 Å². The van der Waals surface area contributed by atoms with Crippen LogP contribution in [0.5, 0.6) is 0 Å². The van der Waals surface area contributed by atoms with E-state index in [4.69, 9.17) is 0 Å². The molecule has 1 aliphatic rings. The standard InChI is InChI=1S/C25H22N2O3/c1-17-15-23(28)27(25(17)30)22-10-6-5-9-21(22)24(29)26-20-13-11-19(12-14-20)16-18-7-3-2-4-8-18/h2-14,17H,15-16H2,1H3,(H,26,29). The molecule has 0 bridgehead atoms. The topological polar surface area (TPSA) is 66.5 Å². The van der Waals surface area contributed by atoms with Crippen LogP contribution >= 0.6 is 0 Å². The fraction of sp³-hybridized carbons (Fsp3) is 0.160. The predicted octanol–water partition coefficient (Wildman–Crippen LogP) is 4.43. The summed E-state index contributed by atoms with van der Waals surface area (Å²) in [6.07, 6.45) is 0.979. The Bertz CT molecular complexity index is 1090. The van der Waals surface area contributed by atoms with Gasteiger partial charge in [-0.05, 0) is 41.8 Å². The van der Waals surface area contributed by atoms with Crippen LogP contribution in [0.1, 0.15) is 34.8 Å². The van der Waals surface area contributed by atoms with Crippen molar-refractivity contribution < 1.29 is 14.4 Å². The van der Waals surface area contributed by atoms with Crippen LogP contribution in [-0.2, 0) is 16.0 Å². The summed E-state index contributed by atoms with van der Waals surface area (Å²) in [6.45, 7) is 1.72. The first kappa shape index (κ1) is 19.6. The van der Waals surface area contributed by atoms with Crippen molar-refractivity contribution in [2.24, 2.45) is 5.92 Å². The molecule has 30 heavy (non-hydrogen) atoms. The highest BCUT2D eigenvalue weighted by atomic mass is 16.2. The minimum atomic E-state index is -0.370. The van der Waals surface area contributed by atoms with Crippen LogP contribution in [0.15, 0.2) is 78.9 Å². The van der Waals surface area contributed by atoms with Gasteiger partial charge in [0.05, 0.1) is 11.3 Å². The van der Waals surface area contributed by atoms with Gasteiger partial charge in [0.15, 0.2) is 0 Å².